The molecule has 0 spiro atoms. The molecule has 1 aliphatic rings. The highest BCUT2D eigenvalue weighted by Crippen LogP contribution is 2.42. The number of carbonyl (C=O) groups excluding carboxylic acids is 1. The van der Waals surface area contributed by atoms with Crippen LogP contribution in [0.3, 0.4) is 0 Å². The number of fused-ring (bicyclic) bond motifs is 1. The van der Waals surface area contributed by atoms with E-state index in [0.29, 0.717) is 24.3 Å². The molecule has 0 bridgehead atoms. The van der Waals surface area contributed by atoms with E-state index < -0.39 is 18.3 Å². The molecule has 6 nitrogen and oxygen atoms in total. The molecule has 0 fully saturated rings. The summed E-state index contributed by atoms with van der Waals surface area (Å²) >= 11 is 0. The fourth-order valence-electron chi connectivity index (χ4n) is 2.56. The molecule has 6 heteroatoms. The first-order valence-electron chi connectivity index (χ1n) is 7.10. The topological polar surface area (TPSA) is 90.2 Å². The minimum atomic E-state index is -1.03. The van der Waals surface area contributed by atoms with Crippen molar-refractivity contribution in [2.24, 2.45) is 0 Å². The van der Waals surface area contributed by atoms with Gasteiger partial charge in [0.25, 0.3) is 5.91 Å². The van der Waals surface area contributed by atoms with Crippen molar-refractivity contribution in [2.45, 2.75) is 38.4 Å². The third kappa shape index (κ3) is 2.69. The first kappa shape index (κ1) is 15.6. The minimum absolute atomic E-state index is 0.0157. The second-order valence-electron chi connectivity index (χ2n) is 5.21. The summed E-state index contributed by atoms with van der Waals surface area (Å²) in [7, 11) is 0. The van der Waals surface area contributed by atoms with E-state index >= 15 is 0 Å². The lowest BCUT2D eigenvalue weighted by molar-refractivity contribution is -0.136. The molecule has 0 saturated heterocycles. The lowest BCUT2D eigenvalue weighted by Crippen LogP contribution is -2.57. The van der Waals surface area contributed by atoms with Gasteiger partial charge in [0.15, 0.2) is 5.60 Å². The van der Waals surface area contributed by atoms with Crippen LogP contribution < -0.4 is 9.64 Å². The van der Waals surface area contributed by atoms with Gasteiger partial charge in [0.2, 0.25) is 0 Å². The second-order valence-corrected chi connectivity index (χ2v) is 5.21. The van der Waals surface area contributed by atoms with Crippen LogP contribution in [0.15, 0.2) is 18.2 Å². The molecular weight excluding hydrogens is 274 g/mol. The number of hydrogen-bond acceptors (Lipinski definition) is 5. The van der Waals surface area contributed by atoms with Crippen LogP contribution in [0.4, 0.5) is 5.69 Å². The molecule has 0 aliphatic carbocycles. The van der Waals surface area contributed by atoms with Gasteiger partial charge in [-0.15, -0.1) is 0 Å². The van der Waals surface area contributed by atoms with Crippen LogP contribution >= 0.6 is 0 Å². The molecule has 1 aliphatic heterocycles. The summed E-state index contributed by atoms with van der Waals surface area (Å²) in [5.41, 5.74) is -0.515. The molecule has 1 unspecified atom stereocenters. The van der Waals surface area contributed by atoms with Crippen molar-refractivity contribution in [2.75, 3.05) is 18.1 Å². The fourth-order valence-corrected chi connectivity index (χ4v) is 2.56. The third-order valence-electron chi connectivity index (χ3n) is 3.92. The Bertz CT molecular complexity index is 527. The SMILES string of the molecule is CCC1(CC)Oc2cc(O)ccc2N(CC(O)CO)C1=O. The fraction of sp³-hybridized carbons (Fsp3) is 0.533. The van der Waals surface area contributed by atoms with E-state index in [1.165, 1.54) is 17.0 Å². The highest BCUT2D eigenvalue weighted by molar-refractivity contribution is 6.03. The van der Waals surface area contributed by atoms with Crippen LogP contribution in [0.25, 0.3) is 0 Å². The predicted octanol–water partition coefficient (Wildman–Crippen LogP) is 1.03. The number of aliphatic hydroxyl groups excluding tert-OH is 2. The standard InChI is InChI=1S/C15H21NO5/c1-3-15(4-2)14(20)16(8-11(19)9-17)12-6-5-10(18)7-13(12)21-15/h5-7,11,17-19H,3-4,8-9H2,1-2H3. The van der Waals surface area contributed by atoms with Crippen LogP contribution in [0.1, 0.15) is 26.7 Å². The molecule has 21 heavy (non-hydrogen) atoms. The van der Waals surface area contributed by atoms with Crippen LogP contribution in [0, 0.1) is 0 Å². The number of nitrogens with zero attached hydrogens (tertiary/aromatic N) is 1. The monoisotopic (exact) mass is 295 g/mol. The Morgan fingerprint density at radius 2 is 2.00 bits per heavy atom. The van der Waals surface area contributed by atoms with Crippen molar-refractivity contribution in [3.8, 4) is 11.5 Å². The van der Waals surface area contributed by atoms with Crippen molar-refractivity contribution in [3.63, 3.8) is 0 Å². The van der Waals surface area contributed by atoms with Crippen LogP contribution in [0.2, 0.25) is 0 Å². The Hall–Kier alpha value is -1.79. The lowest BCUT2D eigenvalue weighted by atomic mass is 9.92. The van der Waals surface area contributed by atoms with E-state index in [1.54, 1.807) is 6.07 Å². The van der Waals surface area contributed by atoms with E-state index in [9.17, 15) is 15.0 Å². The molecule has 0 aromatic heterocycles. The minimum Gasteiger partial charge on any atom is -0.508 e. The van der Waals surface area contributed by atoms with Gasteiger partial charge >= 0.3 is 0 Å². The zero-order valence-corrected chi connectivity index (χ0v) is 12.2. The number of hydrogen-bond donors (Lipinski definition) is 3. The Kier molecular flexibility index (Phi) is 4.39. The van der Waals surface area contributed by atoms with Gasteiger partial charge in [-0.2, -0.15) is 0 Å². The number of benzene rings is 1. The molecule has 0 saturated carbocycles. The van der Waals surface area contributed by atoms with E-state index in [1.807, 2.05) is 13.8 Å². The molecule has 3 N–H and O–H groups in total. The summed E-state index contributed by atoms with van der Waals surface area (Å²) in [5.74, 6) is 0.216. The quantitative estimate of drug-likeness (QED) is 0.755. The number of aliphatic hydroxyl groups is 2. The molecule has 1 aromatic rings. The number of anilines is 1. The van der Waals surface area contributed by atoms with Gasteiger partial charge in [-0.3, -0.25) is 4.79 Å². The van der Waals surface area contributed by atoms with Crippen LogP contribution in [-0.4, -0.2) is 46.1 Å². The van der Waals surface area contributed by atoms with Crippen LogP contribution in [-0.2, 0) is 4.79 Å². The Labute approximate surface area is 123 Å². The third-order valence-corrected chi connectivity index (χ3v) is 3.92. The van der Waals surface area contributed by atoms with E-state index in [-0.39, 0.29) is 18.2 Å². The second kappa shape index (κ2) is 5.91. The molecule has 1 atom stereocenters. The smallest absolute Gasteiger partial charge is 0.271 e. The number of aromatic hydroxyl groups is 1. The van der Waals surface area contributed by atoms with Gasteiger partial charge in [0.05, 0.1) is 24.9 Å². The summed E-state index contributed by atoms with van der Waals surface area (Å²) in [6.45, 7) is 3.27. The van der Waals surface area contributed by atoms with Crippen molar-refractivity contribution >= 4 is 11.6 Å². The molecule has 1 aromatic carbocycles. The number of rotatable bonds is 5. The number of β-amino-alcohol motifs (C(OH)–C–C–N with tert-alkyl or cyclic N) is 1. The molecule has 2 rings (SSSR count). The first-order chi connectivity index (χ1) is 9.97. The number of amides is 1. The predicted molar refractivity (Wildman–Crippen MR) is 77.5 cm³/mol. The summed E-state index contributed by atoms with van der Waals surface area (Å²) in [5, 5.41) is 28.3. The maximum absolute atomic E-state index is 12.8. The number of ether oxygens (including phenoxy) is 1. The summed E-state index contributed by atoms with van der Waals surface area (Å²) in [4.78, 5) is 14.2. The highest BCUT2D eigenvalue weighted by Gasteiger charge is 2.46. The van der Waals surface area contributed by atoms with Gasteiger partial charge in [0.1, 0.15) is 11.5 Å². The van der Waals surface area contributed by atoms with Crippen molar-refractivity contribution < 1.29 is 24.9 Å². The summed E-state index contributed by atoms with van der Waals surface area (Å²) < 4.78 is 5.86. The van der Waals surface area contributed by atoms with E-state index in [2.05, 4.69) is 0 Å². The maximum Gasteiger partial charge on any atom is 0.271 e. The van der Waals surface area contributed by atoms with Crippen molar-refractivity contribution in [1.82, 2.24) is 0 Å². The normalized spacial score (nSPS) is 18.1. The zero-order chi connectivity index (χ0) is 15.6. The Morgan fingerprint density at radius 3 is 2.57 bits per heavy atom. The zero-order valence-electron chi connectivity index (χ0n) is 12.2. The van der Waals surface area contributed by atoms with Gasteiger partial charge in [0, 0.05) is 6.07 Å². The largest absolute Gasteiger partial charge is 0.508 e. The number of phenols is 1. The van der Waals surface area contributed by atoms with E-state index in [0.717, 1.165) is 0 Å². The van der Waals surface area contributed by atoms with Crippen molar-refractivity contribution in [3.05, 3.63) is 18.2 Å². The highest BCUT2D eigenvalue weighted by atomic mass is 16.5. The van der Waals surface area contributed by atoms with Crippen molar-refractivity contribution in [1.29, 1.82) is 0 Å². The van der Waals surface area contributed by atoms with Gasteiger partial charge < -0.3 is 25.0 Å². The van der Waals surface area contributed by atoms with Gasteiger partial charge in [-0.1, -0.05) is 13.8 Å². The first-order valence-corrected chi connectivity index (χ1v) is 7.10. The van der Waals surface area contributed by atoms with Gasteiger partial charge in [-0.25, -0.2) is 0 Å². The Balaban J connectivity index is 2.49. The summed E-state index contributed by atoms with van der Waals surface area (Å²) in [6.07, 6.45) is -0.0770. The molecule has 1 heterocycles. The number of phenolic OH excluding ortho intramolecular Hbond substituents is 1. The average Bonchev–Trinajstić information content (AvgIpc) is 2.49. The number of carbonyl (C=O) groups is 1. The Morgan fingerprint density at radius 1 is 1.33 bits per heavy atom. The molecule has 1 amide bonds. The van der Waals surface area contributed by atoms with E-state index in [4.69, 9.17) is 9.84 Å². The average molecular weight is 295 g/mol. The molecular formula is C15H21NO5. The molecule has 116 valence electrons. The van der Waals surface area contributed by atoms with Crippen LogP contribution in [0.5, 0.6) is 11.5 Å². The maximum atomic E-state index is 12.8. The summed E-state index contributed by atoms with van der Waals surface area (Å²) in [6, 6.07) is 4.49. The van der Waals surface area contributed by atoms with Gasteiger partial charge in [-0.05, 0) is 25.0 Å². The lowest BCUT2D eigenvalue weighted by Gasteiger charge is -2.42. The molecule has 0 radical (unpaired) electrons.